The maximum absolute atomic E-state index is 13.7. The first-order valence-electron chi connectivity index (χ1n) is 8.69. The van der Waals surface area contributed by atoms with Crippen LogP contribution >= 0.6 is 0 Å². The van der Waals surface area contributed by atoms with Crippen molar-refractivity contribution in [3.8, 4) is 0 Å². The summed E-state index contributed by atoms with van der Waals surface area (Å²) < 4.78 is 13.7. The first kappa shape index (κ1) is 16.2. The standard InChI is InChI=1S/C20H22FN3O/c1-15-5-4-8-22-18(15)10-23-11-20(12-23)13-24(14-20)19(25)9-16-6-2-3-7-17(16)21/h2-8H,9-14H2,1H3. The van der Waals surface area contributed by atoms with Crippen LogP contribution < -0.4 is 0 Å². The van der Waals surface area contributed by atoms with E-state index in [0.29, 0.717) is 5.56 Å². The lowest BCUT2D eigenvalue weighted by Gasteiger charge is -2.60. The third-order valence-corrected chi connectivity index (χ3v) is 5.31. The van der Waals surface area contributed by atoms with Crippen LogP contribution in [0.3, 0.4) is 0 Å². The van der Waals surface area contributed by atoms with E-state index < -0.39 is 0 Å². The predicted octanol–water partition coefficient (Wildman–Crippen LogP) is 2.42. The SMILES string of the molecule is Cc1cccnc1CN1CC2(C1)CN(C(=O)Cc1ccccc1F)C2. The molecule has 2 aromatic rings. The van der Waals surface area contributed by atoms with Crippen LogP contribution in [-0.4, -0.2) is 46.9 Å². The average molecular weight is 339 g/mol. The van der Waals surface area contributed by atoms with E-state index in [1.54, 1.807) is 18.2 Å². The molecule has 2 aliphatic rings. The van der Waals surface area contributed by atoms with E-state index >= 15 is 0 Å². The minimum Gasteiger partial charge on any atom is -0.341 e. The van der Waals surface area contributed by atoms with E-state index in [9.17, 15) is 9.18 Å². The molecule has 0 radical (unpaired) electrons. The van der Waals surface area contributed by atoms with Crippen LogP contribution in [0.4, 0.5) is 4.39 Å². The van der Waals surface area contributed by atoms with Gasteiger partial charge in [-0.25, -0.2) is 4.39 Å². The lowest BCUT2D eigenvalue weighted by atomic mass is 9.72. The Bertz CT molecular complexity index is 793. The fourth-order valence-corrected chi connectivity index (χ4v) is 3.97. The highest BCUT2D eigenvalue weighted by Gasteiger charge is 2.52. The van der Waals surface area contributed by atoms with Gasteiger partial charge in [0.15, 0.2) is 0 Å². The molecule has 1 amide bonds. The number of aromatic nitrogens is 1. The maximum Gasteiger partial charge on any atom is 0.227 e. The number of amides is 1. The highest BCUT2D eigenvalue weighted by Crippen LogP contribution is 2.40. The number of aryl methyl sites for hydroxylation is 1. The quantitative estimate of drug-likeness (QED) is 0.858. The number of hydrogen-bond acceptors (Lipinski definition) is 3. The Morgan fingerprint density at radius 1 is 1.16 bits per heavy atom. The number of nitrogens with zero attached hydrogens (tertiary/aromatic N) is 3. The minimum absolute atomic E-state index is 0.0229. The molecular formula is C20H22FN3O. The molecule has 1 aromatic heterocycles. The third-order valence-electron chi connectivity index (χ3n) is 5.31. The number of halogens is 1. The van der Waals surface area contributed by atoms with Crippen molar-refractivity contribution in [3.05, 3.63) is 65.2 Å². The molecule has 0 saturated carbocycles. The third kappa shape index (κ3) is 3.16. The molecule has 5 heteroatoms. The number of rotatable bonds is 4. The van der Waals surface area contributed by atoms with Gasteiger partial charge < -0.3 is 4.90 Å². The summed E-state index contributed by atoms with van der Waals surface area (Å²) >= 11 is 0. The number of hydrogen-bond donors (Lipinski definition) is 0. The maximum atomic E-state index is 13.7. The van der Waals surface area contributed by atoms with Crippen molar-refractivity contribution < 1.29 is 9.18 Å². The Labute approximate surface area is 147 Å². The van der Waals surface area contributed by atoms with Gasteiger partial charge in [0.1, 0.15) is 5.82 Å². The summed E-state index contributed by atoms with van der Waals surface area (Å²) in [5.41, 5.74) is 3.07. The monoisotopic (exact) mass is 339 g/mol. The Morgan fingerprint density at radius 3 is 2.64 bits per heavy atom. The smallest absolute Gasteiger partial charge is 0.227 e. The van der Waals surface area contributed by atoms with E-state index in [1.165, 1.54) is 11.6 Å². The van der Waals surface area contributed by atoms with Crippen LogP contribution in [0.5, 0.6) is 0 Å². The average Bonchev–Trinajstić information content (AvgIpc) is 2.52. The summed E-state index contributed by atoms with van der Waals surface area (Å²) in [5.74, 6) is -0.276. The predicted molar refractivity (Wildman–Crippen MR) is 93.4 cm³/mol. The van der Waals surface area contributed by atoms with Crippen LogP contribution in [0.15, 0.2) is 42.6 Å². The first-order valence-corrected chi connectivity index (χ1v) is 8.69. The van der Waals surface area contributed by atoms with E-state index in [2.05, 4.69) is 22.9 Å². The molecule has 2 saturated heterocycles. The molecule has 25 heavy (non-hydrogen) atoms. The van der Waals surface area contributed by atoms with Crippen molar-refractivity contribution in [1.29, 1.82) is 0 Å². The summed E-state index contributed by atoms with van der Waals surface area (Å²) in [7, 11) is 0. The van der Waals surface area contributed by atoms with Crippen LogP contribution in [0.2, 0.25) is 0 Å². The Balaban J connectivity index is 1.27. The van der Waals surface area contributed by atoms with Gasteiger partial charge in [-0.2, -0.15) is 0 Å². The van der Waals surface area contributed by atoms with Gasteiger partial charge >= 0.3 is 0 Å². The number of likely N-dealkylation sites (tertiary alicyclic amines) is 2. The van der Waals surface area contributed by atoms with E-state index in [4.69, 9.17) is 0 Å². The van der Waals surface area contributed by atoms with Gasteiger partial charge in [0, 0.05) is 44.3 Å². The van der Waals surface area contributed by atoms with Crippen LogP contribution in [0, 0.1) is 18.2 Å². The van der Waals surface area contributed by atoms with Crippen LogP contribution in [0.25, 0.3) is 0 Å². The van der Waals surface area contributed by atoms with Gasteiger partial charge in [0.05, 0.1) is 12.1 Å². The van der Waals surface area contributed by atoms with Crippen molar-refractivity contribution in [2.24, 2.45) is 5.41 Å². The molecular weight excluding hydrogens is 317 g/mol. The van der Waals surface area contributed by atoms with Crippen LogP contribution in [0.1, 0.15) is 16.8 Å². The zero-order chi connectivity index (χ0) is 17.4. The molecule has 130 valence electrons. The topological polar surface area (TPSA) is 36.4 Å². The lowest BCUT2D eigenvalue weighted by molar-refractivity contribution is -0.159. The van der Waals surface area contributed by atoms with Gasteiger partial charge in [-0.05, 0) is 30.2 Å². The van der Waals surface area contributed by atoms with Crippen molar-refractivity contribution in [2.75, 3.05) is 26.2 Å². The number of carbonyl (C=O) groups is 1. The van der Waals surface area contributed by atoms with E-state index in [-0.39, 0.29) is 23.6 Å². The number of pyridine rings is 1. The molecule has 2 aliphatic heterocycles. The summed E-state index contributed by atoms with van der Waals surface area (Å²) in [4.78, 5) is 21.0. The largest absolute Gasteiger partial charge is 0.341 e. The minimum atomic E-state index is -0.299. The van der Waals surface area contributed by atoms with E-state index in [0.717, 1.165) is 38.4 Å². The molecule has 4 nitrogen and oxygen atoms in total. The van der Waals surface area contributed by atoms with Gasteiger partial charge in [0.25, 0.3) is 0 Å². The second kappa shape index (κ2) is 6.23. The van der Waals surface area contributed by atoms with Gasteiger partial charge in [-0.15, -0.1) is 0 Å². The van der Waals surface area contributed by atoms with Gasteiger partial charge in [-0.3, -0.25) is 14.7 Å². The molecule has 0 atom stereocenters. The van der Waals surface area contributed by atoms with Crippen LogP contribution in [-0.2, 0) is 17.8 Å². The highest BCUT2D eigenvalue weighted by molar-refractivity contribution is 5.80. The number of carbonyl (C=O) groups excluding carboxylic acids is 1. The second-order valence-corrected chi connectivity index (χ2v) is 7.43. The zero-order valence-electron chi connectivity index (χ0n) is 14.4. The summed E-state index contributed by atoms with van der Waals surface area (Å²) in [6.07, 6.45) is 1.99. The van der Waals surface area contributed by atoms with Crippen molar-refractivity contribution >= 4 is 5.91 Å². The highest BCUT2D eigenvalue weighted by atomic mass is 19.1. The fourth-order valence-electron chi connectivity index (χ4n) is 3.97. The summed E-state index contributed by atoms with van der Waals surface area (Å²) in [6.45, 7) is 6.55. The Hall–Kier alpha value is -2.27. The molecule has 4 rings (SSSR count). The second-order valence-electron chi connectivity index (χ2n) is 7.43. The number of benzene rings is 1. The first-order chi connectivity index (χ1) is 12.0. The lowest BCUT2D eigenvalue weighted by Crippen LogP contribution is -2.72. The molecule has 2 fully saturated rings. The molecule has 1 aromatic carbocycles. The molecule has 0 N–H and O–H groups in total. The Kier molecular flexibility index (Phi) is 4.04. The Morgan fingerprint density at radius 2 is 1.92 bits per heavy atom. The summed E-state index contributed by atoms with van der Waals surface area (Å²) in [5, 5.41) is 0. The van der Waals surface area contributed by atoms with Gasteiger partial charge in [0.2, 0.25) is 5.91 Å². The van der Waals surface area contributed by atoms with E-state index in [1.807, 2.05) is 17.2 Å². The molecule has 0 unspecified atom stereocenters. The van der Waals surface area contributed by atoms with Gasteiger partial charge in [-0.1, -0.05) is 24.3 Å². The van der Waals surface area contributed by atoms with Crippen molar-refractivity contribution in [2.45, 2.75) is 19.9 Å². The van der Waals surface area contributed by atoms with Crippen molar-refractivity contribution in [1.82, 2.24) is 14.8 Å². The fraction of sp³-hybridized carbons (Fsp3) is 0.400. The summed E-state index contributed by atoms with van der Waals surface area (Å²) in [6, 6.07) is 10.6. The molecule has 0 aliphatic carbocycles. The molecule has 3 heterocycles. The van der Waals surface area contributed by atoms with Crippen molar-refractivity contribution in [3.63, 3.8) is 0 Å². The molecule has 0 bridgehead atoms. The normalized spacial score (nSPS) is 18.7. The zero-order valence-corrected chi connectivity index (χ0v) is 14.4. The molecule has 1 spiro atoms.